The maximum atomic E-state index is 14.4. The van der Waals surface area contributed by atoms with Crippen molar-refractivity contribution >= 4 is 22.8 Å². The van der Waals surface area contributed by atoms with Gasteiger partial charge in [0.05, 0.1) is 39.4 Å². The number of nitrogens with one attached hydrogen (secondary N) is 1. The van der Waals surface area contributed by atoms with Crippen molar-refractivity contribution in [3.63, 3.8) is 0 Å². The van der Waals surface area contributed by atoms with Crippen LogP contribution in [0.25, 0.3) is 22.0 Å². The van der Waals surface area contributed by atoms with Crippen molar-refractivity contribution in [2.45, 2.75) is 31.1 Å². The molecule has 1 saturated carbocycles. The van der Waals surface area contributed by atoms with Gasteiger partial charge in [0.2, 0.25) is 0 Å². The van der Waals surface area contributed by atoms with Gasteiger partial charge in [-0.25, -0.2) is 9.18 Å². The first-order valence-electron chi connectivity index (χ1n) is 13.6. The molecule has 10 heteroatoms. The molecule has 5 aromatic rings. The van der Waals surface area contributed by atoms with Gasteiger partial charge in [-0.15, -0.1) is 0 Å². The minimum Gasteiger partial charge on any atom is -0.478 e. The van der Waals surface area contributed by atoms with E-state index >= 15 is 0 Å². The van der Waals surface area contributed by atoms with Crippen LogP contribution in [0.4, 0.5) is 17.6 Å². The number of nitrogens with zero attached hydrogens (tertiary/aromatic N) is 2. The lowest BCUT2D eigenvalue weighted by atomic mass is 9.97. The minimum absolute atomic E-state index is 0.118. The van der Waals surface area contributed by atoms with Gasteiger partial charge in [-0.3, -0.25) is 4.79 Å². The summed E-state index contributed by atoms with van der Waals surface area (Å²) < 4.78 is 55.4. The molecule has 1 heterocycles. The van der Waals surface area contributed by atoms with Crippen molar-refractivity contribution in [1.82, 2.24) is 9.88 Å². The fourth-order valence-corrected chi connectivity index (χ4v) is 5.46. The molecule has 1 aliphatic carbocycles. The average Bonchev–Trinajstić information content (AvgIpc) is 3.67. The maximum absolute atomic E-state index is 14.4. The molecule has 0 spiro atoms. The quantitative estimate of drug-likeness (QED) is 0.190. The van der Waals surface area contributed by atoms with E-state index in [1.54, 1.807) is 41.1 Å². The third kappa shape index (κ3) is 5.52. The predicted molar refractivity (Wildman–Crippen MR) is 154 cm³/mol. The molecule has 1 fully saturated rings. The van der Waals surface area contributed by atoms with E-state index in [1.165, 1.54) is 36.4 Å². The second-order valence-corrected chi connectivity index (χ2v) is 10.9. The molecule has 1 amide bonds. The van der Waals surface area contributed by atoms with E-state index < -0.39 is 35.0 Å². The lowest BCUT2D eigenvalue weighted by Gasteiger charge is -2.20. The molecule has 1 aliphatic rings. The lowest BCUT2D eigenvalue weighted by Crippen LogP contribution is -2.35. The molecule has 1 aromatic heterocycles. The van der Waals surface area contributed by atoms with E-state index in [0.717, 1.165) is 23.8 Å². The standard InChI is InChI=1S/C34H23F4N3O3/c35-28-14-21(18-39)13-24(16-28)25-15-23-9-12-41(19-20-1-5-27(6-2-20)34(36,37)38)30(23)29(17-25)31(42)40-33(10-11-33)26-7-3-22(4-8-26)32(43)44/h1-9,12-17H,10-11,19H2,(H,40,42)(H,43,44). The van der Waals surface area contributed by atoms with Crippen molar-refractivity contribution in [2.24, 2.45) is 0 Å². The molecule has 0 atom stereocenters. The van der Waals surface area contributed by atoms with Gasteiger partial charge in [0.15, 0.2) is 0 Å². The molecular weight excluding hydrogens is 574 g/mol. The van der Waals surface area contributed by atoms with Crippen molar-refractivity contribution < 1.29 is 32.3 Å². The normalized spacial score (nSPS) is 13.8. The van der Waals surface area contributed by atoms with Crippen molar-refractivity contribution in [2.75, 3.05) is 0 Å². The van der Waals surface area contributed by atoms with E-state index in [2.05, 4.69) is 5.32 Å². The van der Waals surface area contributed by atoms with E-state index in [1.807, 2.05) is 6.07 Å². The SMILES string of the molecule is N#Cc1cc(F)cc(-c2cc(C(=O)NC3(c4ccc(C(=O)O)cc4)CC3)c3c(ccn3Cc3ccc(C(F)(F)F)cc3)c2)c1. The van der Waals surface area contributed by atoms with Gasteiger partial charge in [-0.05, 0) is 95.8 Å². The van der Waals surface area contributed by atoms with Gasteiger partial charge in [0.1, 0.15) is 5.82 Å². The maximum Gasteiger partial charge on any atom is 0.416 e. The second kappa shape index (κ2) is 10.7. The Bertz CT molecular complexity index is 1970. The number of aromatic carboxylic acids is 1. The highest BCUT2D eigenvalue weighted by Gasteiger charge is 2.46. The molecule has 2 N–H and O–H groups in total. The van der Waals surface area contributed by atoms with E-state index in [0.29, 0.717) is 40.4 Å². The van der Waals surface area contributed by atoms with Crippen LogP contribution in [0, 0.1) is 17.1 Å². The molecule has 0 unspecified atom stereocenters. The number of rotatable bonds is 7. The fourth-order valence-electron chi connectivity index (χ4n) is 5.46. The number of nitriles is 1. The molecule has 4 aromatic carbocycles. The first-order chi connectivity index (χ1) is 21.0. The highest BCUT2D eigenvalue weighted by molar-refractivity contribution is 6.08. The third-order valence-electron chi connectivity index (χ3n) is 7.89. The minimum atomic E-state index is -4.46. The third-order valence-corrected chi connectivity index (χ3v) is 7.89. The first-order valence-corrected chi connectivity index (χ1v) is 13.6. The first kappa shape index (κ1) is 28.7. The molecule has 6 nitrogen and oxygen atoms in total. The molecule has 0 bridgehead atoms. The summed E-state index contributed by atoms with van der Waals surface area (Å²) in [5.41, 5.74) is 1.81. The number of amides is 1. The van der Waals surface area contributed by atoms with Crippen LogP contribution in [0.2, 0.25) is 0 Å². The van der Waals surface area contributed by atoms with Gasteiger partial charge in [-0.1, -0.05) is 24.3 Å². The Morgan fingerprint density at radius 2 is 1.61 bits per heavy atom. The number of carbonyl (C=O) groups is 2. The molecular formula is C34H23F4N3O3. The zero-order valence-electron chi connectivity index (χ0n) is 23.0. The van der Waals surface area contributed by atoms with E-state index in [4.69, 9.17) is 0 Å². The van der Waals surface area contributed by atoms with Crippen molar-refractivity contribution in [3.05, 3.63) is 130 Å². The Balaban J connectivity index is 1.42. The predicted octanol–water partition coefficient (Wildman–Crippen LogP) is 7.50. The van der Waals surface area contributed by atoms with Crippen molar-refractivity contribution in [3.8, 4) is 17.2 Å². The molecule has 0 saturated heterocycles. The summed E-state index contributed by atoms with van der Waals surface area (Å²) in [6, 6.07) is 22.1. The summed E-state index contributed by atoms with van der Waals surface area (Å²) in [4.78, 5) is 25.3. The number of halogens is 4. The number of carboxylic acids is 1. The van der Waals surface area contributed by atoms with Gasteiger partial charge in [0.25, 0.3) is 5.91 Å². The van der Waals surface area contributed by atoms with Crippen LogP contribution in [-0.2, 0) is 18.3 Å². The van der Waals surface area contributed by atoms with Gasteiger partial charge < -0.3 is 15.0 Å². The van der Waals surface area contributed by atoms with E-state index in [-0.39, 0.29) is 23.2 Å². The number of fused-ring (bicyclic) bond motifs is 1. The van der Waals surface area contributed by atoms with Crippen LogP contribution in [-0.4, -0.2) is 21.6 Å². The van der Waals surface area contributed by atoms with Gasteiger partial charge >= 0.3 is 12.1 Å². The molecule has 220 valence electrons. The topological polar surface area (TPSA) is 95.1 Å². The number of aromatic nitrogens is 1. The second-order valence-electron chi connectivity index (χ2n) is 10.9. The van der Waals surface area contributed by atoms with Crippen LogP contribution < -0.4 is 5.32 Å². The highest BCUT2D eigenvalue weighted by Crippen LogP contribution is 2.46. The monoisotopic (exact) mass is 597 g/mol. The Morgan fingerprint density at radius 1 is 0.932 bits per heavy atom. The number of hydrogen-bond acceptors (Lipinski definition) is 3. The number of carboxylic acid groups (broad SMARTS) is 1. The number of hydrogen-bond donors (Lipinski definition) is 2. The van der Waals surface area contributed by atoms with Crippen LogP contribution in [0.15, 0.2) is 91.1 Å². The summed E-state index contributed by atoms with van der Waals surface area (Å²) in [7, 11) is 0. The Labute approximate surface area is 248 Å². The highest BCUT2D eigenvalue weighted by atomic mass is 19.4. The largest absolute Gasteiger partial charge is 0.478 e. The molecule has 6 rings (SSSR count). The lowest BCUT2D eigenvalue weighted by molar-refractivity contribution is -0.137. The summed E-state index contributed by atoms with van der Waals surface area (Å²) in [5, 5.41) is 22.4. The Kier molecular flexibility index (Phi) is 6.97. The van der Waals surface area contributed by atoms with Crippen LogP contribution in [0.3, 0.4) is 0 Å². The number of carbonyl (C=O) groups excluding carboxylic acids is 1. The molecule has 0 aliphatic heterocycles. The summed E-state index contributed by atoms with van der Waals surface area (Å²) in [6.07, 6.45) is -1.46. The summed E-state index contributed by atoms with van der Waals surface area (Å²) in [6.45, 7) is 0.182. The Morgan fingerprint density at radius 3 is 2.23 bits per heavy atom. The van der Waals surface area contributed by atoms with Crippen LogP contribution >= 0.6 is 0 Å². The smallest absolute Gasteiger partial charge is 0.416 e. The summed E-state index contributed by atoms with van der Waals surface area (Å²) in [5.74, 6) is -2.09. The Hall–Kier alpha value is -5.43. The van der Waals surface area contributed by atoms with Gasteiger partial charge in [0, 0.05) is 18.1 Å². The zero-order valence-corrected chi connectivity index (χ0v) is 23.0. The summed E-state index contributed by atoms with van der Waals surface area (Å²) >= 11 is 0. The van der Waals surface area contributed by atoms with E-state index in [9.17, 15) is 37.5 Å². The van der Waals surface area contributed by atoms with Gasteiger partial charge in [-0.2, -0.15) is 18.4 Å². The average molecular weight is 598 g/mol. The molecule has 0 radical (unpaired) electrons. The molecule has 44 heavy (non-hydrogen) atoms. The fraction of sp³-hybridized carbons (Fsp3) is 0.147. The van der Waals surface area contributed by atoms with Crippen LogP contribution in [0.1, 0.15) is 55.8 Å². The van der Waals surface area contributed by atoms with Crippen LogP contribution in [0.5, 0.6) is 0 Å². The zero-order chi connectivity index (χ0) is 31.2. The number of alkyl halides is 3. The van der Waals surface area contributed by atoms with Crippen molar-refractivity contribution in [1.29, 1.82) is 5.26 Å². The number of benzene rings is 4.